The minimum atomic E-state index is -5.01. The van der Waals surface area contributed by atoms with Crippen LogP contribution in [0.1, 0.15) is 46.9 Å². The van der Waals surface area contributed by atoms with Crippen LogP contribution < -0.4 is 24.8 Å². The summed E-state index contributed by atoms with van der Waals surface area (Å²) in [4.78, 5) is 23.1. The summed E-state index contributed by atoms with van der Waals surface area (Å²) >= 11 is 6.17. The fourth-order valence-corrected chi connectivity index (χ4v) is 6.51. The molecule has 3 heterocycles. The van der Waals surface area contributed by atoms with E-state index in [1.165, 1.54) is 16.9 Å². The molecule has 0 saturated heterocycles. The average molecular weight is 636 g/mol. The lowest BCUT2D eigenvalue weighted by molar-refractivity contribution is -0.254. The Bertz CT molecular complexity index is 1660. The number of nitrogens with one attached hydrogen (secondary N) is 1. The van der Waals surface area contributed by atoms with Crippen molar-refractivity contribution in [2.75, 3.05) is 15.7 Å². The van der Waals surface area contributed by atoms with Crippen LogP contribution in [0.2, 0.25) is 5.15 Å². The van der Waals surface area contributed by atoms with E-state index in [9.17, 15) is 36.3 Å². The van der Waals surface area contributed by atoms with Crippen LogP contribution in [0.5, 0.6) is 5.75 Å². The lowest BCUT2D eigenvalue weighted by Crippen LogP contribution is -2.60. The number of benzene rings is 1. The third-order valence-electron chi connectivity index (χ3n) is 6.90. The molecule has 42 heavy (non-hydrogen) atoms. The molecule has 1 N–H and O–H groups in total. The summed E-state index contributed by atoms with van der Waals surface area (Å²) < 4.78 is 82.8. The van der Waals surface area contributed by atoms with E-state index in [1.54, 1.807) is 20.8 Å². The zero-order valence-corrected chi connectivity index (χ0v) is 24.6. The number of anilines is 2. The first-order chi connectivity index (χ1) is 19.3. The van der Waals surface area contributed by atoms with Crippen molar-refractivity contribution < 1.29 is 40.6 Å². The third-order valence-corrected chi connectivity index (χ3v) is 9.07. The second kappa shape index (κ2) is 10.5. The molecule has 0 aliphatic carbocycles. The molecule has 1 amide bonds. The van der Waals surface area contributed by atoms with Crippen molar-refractivity contribution >= 4 is 39.1 Å². The van der Waals surface area contributed by atoms with E-state index in [-0.39, 0.29) is 51.8 Å². The van der Waals surface area contributed by atoms with E-state index >= 15 is 0 Å². The first-order valence-corrected chi connectivity index (χ1v) is 14.3. The van der Waals surface area contributed by atoms with E-state index in [1.807, 2.05) is 0 Å². The molecule has 0 fully saturated rings. The first kappa shape index (κ1) is 31.2. The maximum absolute atomic E-state index is 14.0. The van der Waals surface area contributed by atoms with Gasteiger partial charge in [-0.2, -0.15) is 18.3 Å². The molecule has 0 unspecified atom stereocenters. The van der Waals surface area contributed by atoms with E-state index in [4.69, 9.17) is 20.8 Å². The standard InChI is InChI=1S/C24H28ClF3N6O7S/c1-6-32-12-17(18(25)31-32)42(38,39)33-11-14(10-22(2,3)19-29-30-20(35)41-19)40-16-8-7-13(9-15(16)33)34(21(36)37)23(4,5)24(26,27)28/h7-9,12,14H,6,10-11H2,1-5H3,(H,30,35)(H,36,37)/p-1/t14-/m0/s1. The van der Waals surface area contributed by atoms with Gasteiger partial charge in [0, 0.05) is 23.8 Å². The number of carbonyl (C=O) groups excluding carboxylic acids is 1. The second-order valence-corrected chi connectivity index (χ2v) is 12.9. The molecule has 0 saturated carbocycles. The Morgan fingerprint density at radius 3 is 2.45 bits per heavy atom. The number of amides is 1. The molecule has 18 heteroatoms. The number of fused-ring (bicyclic) bond motifs is 1. The molecule has 0 radical (unpaired) electrons. The predicted octanol–water partition coefficient (Wildman–Crippen LogP) is 3.05. The summed E-state index contributed by atoms with van der Waals surface area (Å²) in [6, 6.07) is 3.18. The van der Waals surface area contributed by atoms with Gasteiger partial charge in [0.25, 0.3) is 10.0 Å². The minimum absolute atomic E-state index is 0.00500. The maximum Gasteiger partial charge on any atom is 0.434 e. The Morgan fingerprint density at radius 2 is 1.93 bits per heavy atom. The Kier molecular flexibility index (Phi) is 7.82. The third kappa shape index (κ3) is 5.54. The summed E-state index contributed by atoms with van der Waals surface area (Å²) in [7, 11) is -4.53. The van der Waals surface area contributed by atoms with Gasteiger partial charge >= 0.3 is 11.9 Å². The van der Waals surface area contributed by atoms with Crippen LogP contribution in [0.25, 0.3) is 0 Å². The monoisotopic (exact) mass is 635 g/mol. The first-order valence-electron chi connectivity index (χ1n) is 12.5. The summed E-state index contributed by atoms with van der Waals surface area (Å²) in [6.07, 6.45) is -6.78. The zero-order valence-electron chi connectivity index (χ0n) is 23.0. The number of carboxylic acid groups (broad SMARTS) is 1. The van der Waals surface area contributed by atoms with E-state index in [0.29, 0.717) is 13.8 Å². The summed E-state index contributed by atoms with van der Waals surface area (Å²) in [5.74, 6) is -0.815. The van der Waals surface area contributed by atoms with Gasteiger partial charge in [-0.25, -0.2) is 18.3 Å². The number of hydrogen-bond donors (Lipinski definition) is 1. The van der Waals surface area contributed by atoms with Gasteiger partial charge in [-0.05, 0) is 45.4 Å². The van der Waals surface area contributed by atoms with Crippen molar-refractivity contribution in [3.8, 4) is 5.75 Å². The van der Waals surface area contributed by atoms with Crippen molar-refractivity contribution in [1.82, 2.24) is 20.0 Å². The van der Waals surface area contributed by atoms with Gasteiger partial charge in [0.2, 0.25) is 5.89 Å². The summed E-state index contributed by atoms with van der Waals surface area (Å²) in [5.41, 5.74) is -4.63. The van der Waals surface area contributed by atoms with Gasteiger partial charge in [0.05, 0.1) is 12.2 Å². The van der Waals surface area contributed by atoms with E-state index < -0.39 is 50.8 Å². The minimum Gasteiger partial charge on any atom is -0.530 e. The van der Waals surface area contributed by atoms with Crippen LogP contribution in [0.3, 0.4) is 0 Å². The number of sulfonamides is 1. The van der Waals surface area contributed by atoms with Crippen molar-refractivity contribution in [3.05, 3.63) is 46.0 Å². The molecule has 1 aliphatic rings. The highest BCUT2D eigenvalue weighted by Gasteiger charge is 2.52. The van der Waals surface area contributed by atoms with Crippen LogP contribution in [0.4, 0.5) is 29.3 Å². The number of aromatic amines is 1. The summed E-state index contributed by atoms with van der Waals surface area (Å²) in [5, 5.41) is 21.6. The quantitative estimate of drug-likeness (QED) is 0.391. The van der Waals surface area contributed by atoms with Gasteiger partial charge in [0.15, 0.2) is 5.15 Å². The number of carbonyl (C=O) groups is 1. The van der Waals surface area contributed by atoms with Crippen molar-refractivity contribution in [2.24, 2.45) is 0 Å². The van der Waals surface area contributed by atoms with Gasteiger partial charge < -0.3 is 24.0 Å². The summed E-state index contributed by atoms with van der Waals surface area (Å²) in [6.45, 7) is 6.29. The number of hydrogen-bond acceptors (Lipinski definition) is 9. The van der Waals surface area contributed by atoms with Gasteiger partial charge in [0.1, 0.15) is 28.4 Å². The highest BCUT2D eigenvalue weighted by molar-refractivity contribution is 7.93. The zero-order chi connectivity index (χ0) is 31.4. The number of alkyl halides is 3. The Labute approximate surface area is 242 Å². The molecule has 3 aromatic rings. The normalized spacial score (nSPS) is 16.2. The lowest BCUT2D eigenvalue weighted by Gasteiger charge is -2.42. The molecule has 1 aromatic carbocycles. The fourth-order valence-electron chi connectivity index (χ4n) is 4.57. The highest BCUT2D eigenvalue weighted by Crippen LogP contribution is 2.45. The molecule has 0 spiro atoms. The van der Waals surface area contributed by atoms with Crippen molar-refractivity contribution in [1.29, 1.82) is 0 Å². The van der Waals surface area contributed by atoms with Crippen LogP contribution in [0, 0.1) is 0 Å². The largest absolute Gasteiger partial charge is 0.530 e. The predicted molar refractivity (Wildman–Crippen MR) is 141 cm³/mol. The Hall–Kier alpha value is -3.73. The van der Waals surface area contributed by atoms with Crippen LogP contribution in [-0.4, -0.2) is 58.9 Å². The van der Waals surface area contributed by atoms with E-state index in [0.717, 1.165) is 16.4 Å². The molecule has 13 nitrogen and oxygen atoms in total. The number of rotatable bonds is 8. The molecular weight excluding hydrogens is 609 g/mol. The second-order valence-electron chi connectivity index (χ2n) is 10.7. The van der Waals surface area contributed by atoms with Gasteiger partial charge in [-0.3, -0.25) is 8.99 Å². The van der Waals surface area contributed by atoms with Gasteiger partial charge in [-0.15, -0.1) is 5.10 Å². The molecule has 4 rings (SSSR count). The molecule has 1 aliphatic heterocycles. The number of H-pyrrole nitrogens is 1. The number of nitrogens with zero attached hydrogens (tertiary/aromatic N) is 5. The number of halogens is 4. The molecule has 230 valence electrons. The number of aryl methyl sites for hydroxylation is 1. The van der Waals surface area contributed by atoms with Crippen molar-refractivity contribution in [2.45, 2.75) is 75.7 Å². The molecular formula is C24H27ClF3N6O7S-. The SMILES string of the molecule is CCn1cc(S(=O)(=O)N2C[C@H](CC(C)(C)c3n[nH]c(=O)o3)Oc3ccc(N(C(=O)[O-])C(C)(C)C(F)(F)F)cc32)c(Cl)n1. The van der Waals surface area contributed by atoms with Crippen molar-refractivity contribution in [3.63, 3.8) is 0 Å². The fraction of sp³-hybridized carbons (Fsp3) is 0.500. The number of ether oxygens (including phenoxy) is 1. The number of aromatic nitrogens is 4. The topological polar surface area (TPSA) is 167 Å². The van der Waals surface area contributed by atoms with E-state index in [2.05, 4.69) is 15.3 Å². The smallest absolute Gasteiger partial charge is 0.434 e. The molecule has 1 atom stereocenters. The van der Waals surface area contributed by atoms with Crippen LogP contribution >= 0.6 is 11.6 Å². The lowest BCUT2D eigenvalue weighted by atomic mass is 9.86. The molecule has 2 aromatic heterocycles. The average Bonchev–Trinajstić information content (AvgIpc) is 3.48. The van der Waals surface area contributed by atoms with Gasteiger partial charge in [-0.1, -0.05) is 25.4 Å². The van der Waals surface area contributed by atoms with Crippen LogP contribution in [0.15, 0.2) is 38.5 Å². The Morgan fingerprint density at radius 1 is 1.26 bits per heavy atom. The van der Waals surface area contributed by atoms with Crippen LogP contribution in [-0.2, 0) is 22.0 Å². The highest BCUT2D eigenvalue weighted by atomic mass is 35.5. The maximum atomic E-state index is 14.0. The molecule has 0 bridgehead atoms. The Balaban J connectivity index is 1.85.